The number of aromatic amines is 1. The highest BCUT2D eigenvalue weighted by molar-refractivity contribution is 7.54. The molecule has 0 aliphatic heterocycles. The highest BCUT2D eigenvalue weighted by Crippen LogP contribution is 2.58. The van der Waals surface area contributed by atoms with Gasteiger partial charge in [-0.15, -0.1) is 0 Å². The van der Waals surface area contributed by atoms with E-state index in [1.165, 1.54) is 6.33 Å². The van der Waals surface area contributed by atoms with Crippen molar-refractivity contribution in [1.29, 1.82) is 0 Å². The Labute approximate surface area is 274 Å². The van der Waals surface area contributed by atoms with Crippen LogP contribution in [0.2, 0.25) is 0 Å². The molecule has 1 saturated carbocycles. The van der Waals surface area contributed by atoms with E-state index in [0.717, 1.165) is 31.3 Å². The van der Waals surface area contributed by atoms with Crippen molar-refractivity contribution in [2.75, 3.05) is 31.7 Å². The Morgan fingerprint density at radius 3 is 2.51 bits per heavy atom. The topological polar surface area (TPSA) is 178 Å². The Hall–Kier alpha value is -3.96. The fourth-order valence-electron chi connectivity index (χ4n) is 5.39. The number of para-hydroxylation sites is 1. The summed E-state index contributed by atoms with van der Waals surface area (Å²) >= 11 is 0. The first-order valence-corrected chi connectivity index (χ1v) is 18.0. The van der Waals surface area contributed by atoms with E-state index in [-0.39, 0.29) is 54.8 Å². The number of anilines is 1. The molecular weight excluding hydrogens is 625 g/mol. The van der Waals surface area contributed by atoms with Crippen molar-refractivity contribution in [3.8, 4) is 5.75 Å². The zero-order valence-corrected chi connectivity index (χ0v) is 28.5. The first kappa shape index (κ1) is 35.9. The lowest BCUT2D eigenvalue weighted by Crippen LogP contribution is -2.25. The number of hydrogen-bond donors (Lipinski definition) is 2. The van der Waals surface area contributed by atoms with Crippen LogP contribution in [0.5, 0.6) is 5.75 Å². The SMILES string of the molecule is CCCC(=O)OC[C@]1(CO[P@@](=O)(C[C@@H](C)C(=O)OCC(CCC)CCC)Oc2ccccc2)C/C1=C/n1cnc2c(=O)[nH]c(N)nc21. The predicted molar refractivity (Wildman–Crippen MR) is 179 cm³/mol. The van der Waals surface area contributed by atoms with E-state index in [1.807, 2.05) is 6.92 Å². The van der Waals surface area contributed by atoms with Crippen LogP contribution in [0.1, 0.15) is 72.6 Å². The summed E-state index contributed by atoms with van der Waals surface area (Å²) in [5.74, 6) is -1.05. The number of aromatic nitrogens is 4. The number of esters is 2. The molecule has 0 unspecified atom stereocenters. The summed E-state index contributed by atoms with van der Waals surface area (Å²) in [6, 6.07) is 8.62. The summed E-state index contributed by atoms with van der Waals surface area (Å²) in [7, 11) is -3.95. The van der Waals surface area contributed by atoms with Gasteiger partial charge in [0.05, 0.1) is 30.7 Å². The third kappa shape index (κ3) is 9.77. The van der Waals surface area contributed by atoms with Gasteiger partial charge in [0.1, 0.15) is 18.7 Å². The van der Waals surface area contributed by atoms with Gasteiger partial charge in [0, 0.05) is 12.6 Å². The number of nitrogens with one attached hydrogen (secondary N) is 1. The number of nitrogen functional groups attached to an aromatic ring is 1. The highest BCUT2D eigenvalue weighted by Gasteiger charge is 2.52. The monoisotopic (exact) mass is 671 g/mol. The van der Waals surface area contributed by atoms with Crippen LogP contribution in [0.3, 0.4) is 0 Å². The van der Waals surface area contributed by atoms with Gasteiger partial charge in [0.15, 0.2) is 11.2 Å². The molecule has 0 saturated heterocycles. The number of hydrogen-bond acceptors (Lipinski definition) is 11. The number of nitrogens with two attached hydrogens (primary N) is 1. The summed E-state index contributed by atoms with van der Waals surface area (Å²) < 4.78 is 39.3. The minimum absolute atomic E-state index is 0.0281. The zero-order valence-electron chi connectivity index (χ0n) is 27.6. The number of nitrogens with zero attached hydrogens (tertiary/aromatic N) is 3. The highest BCUT2D eigenvalue weighted by atomic mass is 31.2. The zero-order chi connectivity index (χ0) is 34.0. The van der Waals surface area contributed by atoms with Crippen LogP contribution in [-0.4, -0.2) is 57.4 Å². The second kappa shape index (κ2) is 16.2. The summed E-state index contributed by atoms with van der Waals surface area (Å²) in [4.78, 5) is 48.5. The van der Waals surface area contributed by atoms with Crippen LogP contribution in [-0.2, 0) is 28.2 Å². The average Bonchev–Trinajstić information content (AvgIpc) is 3.57. The van der Waals surface area contributed by atoms with Crippen LogP contribution in [0.4, 0.5) is 5.95 Å². The Morgan fingerprint density at radius 2 is 1.83 bits per heavy atom. The number of H-pyrrole nitrogens is 1. The van der Waals surface area contributed by atoms with Gasteiger partial charge >= 0.3 is 19.5 Å². The van der Waals surface area contributed by atoms with Gasteiger partial charge in [0.2, 0.25) is 5.95 Å². The molecule has 13 nitrogen and oxygen atoms in total. The molecule has 2 aromatic heterocycles. The smallest absolute Gasteiger partial charge is 0.380 e. The molecule has 0 radical (unpaired) electrons. The van der Waals surface area contributed by atoms with Crippen molar-refractivity contribution in [3.05, 3.63) is 52.6 Å². The molecule has 0 spiro atoms. The van der Waals surface area contributed by atoms with Crippen LogP contribution < -0.4 is 15.8 Å². The lowest BCUT2D eigenvalue weighted by atomic mass is 9.99. The lowest BCUT2D eigenvalue weighted by Gasteiger charge is -2.25. The molecule has 1 aliphatic carbocycles. The summed E-state index contributed by atoms with van der Waals surface area (Å²) in [6.45, 7) is 7.89. The normalized spacial score (nSPS) is 18.6. The van der Waals surface area contributed by atoms with Crippen LogP contribution in [0.25, 0.3) is 17.4 Å². The quantitative estimate of drug-likeness (QED) is 0.113. The molecule has 47 heavy (non-hydrogen) atoms. The maximum atomic E-state index is 14.4. The summed E-state index contributed by atoms with van der Waals surface area (Å²) in [6.07, 6.45) is 8.18. The number of fused-ring (bicyclic) bond motifs is 1. The van der Waals surface area contributed by atoms with E-state index >= 15 is 0 Å². The molecule has 2 heterocycles. The van der Waals surface area contributed by atoms with Crippen molar-refractivity contribution in [2.45, 2.75) is 72.6 Å². The first-order chi connectivity index (χ1) is 22.5. The molecule has 1 fully saturated rings. The molecule has 3 aromatic rings. The standard InChI is InChI=1S/C33H46N5O8P/c1-5-11-24(12-6-2)18-43-31(41)23(4)19-47(42,46-26-14-9-8-10-15-26)45-21-33(20-44-27(39)13-7-3)16-25(33)17-38-22-35-28-29(38)36-32(34)37-30(28)40/h8-10,14-15,17,22-24H,5-7,11-13,16,18-21H2,1-4H3,(H3,34,36,37,40)/b25-17-/t23-,33+,47+/m1/s1. The van der Waals surface area contributed by atoms with E-state index in [9.17, 15) is 18.9 Å². The molecule has 1 aliphatic rings. The van der Waals surface area contributed by atoms with E-state index in [0.29, 0.717) is 25.2 Å². The van der Waals surface area contributed by atoms with Crippen molar-refractivity contribution in [2.24, 2.45) is 17.3 Å². The third-order valence-corrected chi connectivity index (χ3v) is 10.1. The lowest BCUT2D eigenvalue weighted by molar-refractivity contribution is -0.149. The molecular formula is C33H46N5O8P. The van der Waals surface area contributed by atoms with Gasteiger partial charge in [0.25, 0.3) is 5.56 Å². The second-order valence-electron chi connectivity index (χ2n) is 12.2. The Kier molecular flexibility index (Phi) is 12.4. The van der Waals surface area contributed by atoms with Crippen LogP contribution >= 0.6 is 7.60 Å². The Morgan fingerprint density at radius 1 is 1.11 bits per heavy atom. The van der Waals surface area contributed by atoms with Crippen LogP contribution in [0, 0.1) is 17.3 Å². The fraction of sp³-hybridized carbons (Fsp3) is 0.545. The summed E-state index contributed by atoms with van der Waals surface area (Å²) in [5.41, 5.74) is 5.62. The van der Waals surface area contributed by atoms with Gasteiger partial charge in [-0.3, -0.25) is 28.5 Å². The summed E-state index contributed by atoms with van der Waals surface area (Å²) in [5, 5.41) is 0. The fourth-order valence-corrected chi connectivity index (χ4v) is 7.33. The van der Waals surface area contributed by atoms with Gasteiger partial charge in [-0.2, -0.15) is 4.98 Å². The molecule has 14 heteroatoms. The second-order valence-corrected chi connectivity index (χ2v) is 14.3. The largest absolute Gasteiger partial charge is 0.465 e. The average molecular weight is 672 g/mol. The maximum Gasteiger partial charge on any atom is 0.380 e. The van der Waals surface area contributed by atoms with Gasteiger partial charge in [-0.25, -0.2) is 9.55 Å². The van der Waals surface area contributed by atoms with Crippen molar-refractivity contribution in [3.63, 3.8) is 0 Å². The number of imidazole rings is 1. The van der Waals surface area contributed by atoms with Crippen molar-refractivity contribution < 1.29 is 32.7 Å². The molecule has 4 rings (SSSR count). The minimum atomic E-state index is -3.95. The van der Waals surface area contributed by atoms with Gasteiger partial charge in [-0.1, -0.05) is 58.7 Å². The van der Waals surface area contributed by atoms with E-state index in [4.69, 9.17) is 24.3 Å². The van der Waals surface area contributed by atoms with Crippen molar-refractivity contribution >= 4 is 42.8 Å². The third-order valence-electron chi connectivity index (χ3n) is 8.07. The van der Waals surface area contributed by atoms with Crippen LogP contribution in [0.15, 0.2) is 47.0 Å². The number of carbonyl (C=O) groups is 2. The van der Waals surface area contributed by atoms with Gasteiger partial charge in [-0.05, 0) is 49.3 Å². The number of ether oxygens (including phenoxy) is 2. The van der Waals surface area contributed by atoms with E-state index in [2.05, 4.69) is 28.8 Å². The molecule has 0 bridgehead atoms. The first-order valence-electron chi connectivity index (χ1n) is 16.2. The van der Waals surface area contributed by atoms with Crippen molar-refractivity contribution in [1.82, 2.24) is 19.5 Å². The Balaban J connectivity index is 1.56. The van der Waals surface area contributed by atoms with Gasteiger partial charge < -0.3 is 19.7 Å². The van der Waals surface area contributed by atoms with E-state index in [1.54, 1.807) is 48.0 Å². The number of carbonyl (C=O) groups excluding carboxylic acids is 2. The molecule has 256 valence electrons. The predicted octanol–water partition coefficient (Wildman–Crippen LogP) is 5.96. The maximum absolute atomic E-state index is 14.4. The van der Waals surface area contributed by atoms with E-state index < -0.39 is 30.5 Å². The molecule has 1 aromatic carbocycles. The molecule has 3 atom stereocenters. The molecule has 3 N–H and O–H groups in total. The minimum Gasteiger partial charge on any atom is -0.465 e. The molecule has 0 amide bonds. The number of rotatable bonds is 19. The Bertz CT molecular complexity index is 1650. The number of benzene rings is 1.